The Labute approximate surface area is 124 Å². The van der Waals surface area contributed by atoms with Crippen LogP contribution in [0, 0.1) is 0 Å². The van der Waals surface area contributed by atoms with Crippen LogP contribution < -0.4 is 5.32 Å². The molecule has 21 heavy (non-hydrogen) atoms. The van der Waals surface area contributed by atoms with Crippen LogP contribution in [0.25, 0.3) is 0 Å². The maximum absolute atomic E-state index is 12.3. The first-order valence-electron chi connectivity index (χ1n) is 6.70. The number of methoxy groups -OCH3 is 2. The zero-order valence-electron chi connectivity index (χ0n) is 12.4. The summed E-state index contributed by atoms with van der Waals surface area (Å²) >= 11 is 0. The molecule has 1 aromatic carbocycles. The van der Waals surface area contributed by atoms with Gasteiger partial charge in [0.1, 0.15) is 6.04 Å². The Hall–Kier alpha value is -2.14. The second-order valence-electron chi connectivity index (χ2n) is 4.48. The second-order valence-corrected chi connectivity index (χ2v) is 4.48. The maximum Gasteiger partial charge on any atom is 0.328 e. The molecule has 0 saturated carbocycles. The average Bonchev–Trinajstić information content (AvgIpc) is 2.52. The van der Waals surface area contributed by atoms with Crippen LogP contribution >= 0.6 is 0 Å². The number of benzene rings is 1. The van der Waals surface area contributed by atoms with Gasteiger partial charge in [0, 0.05) is 7.11 Å². The van der Waals surface area contributed by atoms with E-state index >= 15 is 0 Å². The van der Waals surface area contributed by atoms with Gasteiger partial charge in [-0.05, 0) is 18.4 Å². The molecular weight excluding hydrogens is 270 g/mol. The minimum atomic E-state index is -0.762. The highest BCUT2D eigenvalue weighted by Gasteiger charge is 2.26. The van der Waals surface area contributed by atoms with E-state index in [4.69, 9.17) is 9.47 Å². The van der Waals surface area contributed by atoms with Crippen molar-refractivity contribution in [3.63, 3.8) is 0 Å². The third-order valence-corrected chi connectivity index (χ3v) is 3.04. The number of esters is 1. The van der Waals surface area contributed by atoms with Crippen molar-refractivity contribution in [1.29, 1.82) is 0 Å². The lowest BCUT2D eigenvalue weighted by atomic mass is 10.1. The van der Waals surface area contributed by atoms with Gasteiger partial charge in [0.15, 0.2) is 6.10 Å². The van der Waals surface area contributed by atoms with Crippen LogP contribution in [0.2, 0.25) is 0 Å². The van der Waals surface area contributed by atoms with Gasteiger partial charge in [0.05, 0.1) is 7.11 Å². The number of hydrogen-bond acceptors (Lipinski definition) is 4. The number of rotatable bonds is 8. The highest BCUT2D eigenvalue weighted by atomic mass is 16.5. The number of allylic oxidation sites excluding steroid dienone is 1. The monoisotopic (exact) mass is 291 g/mol. The molecular formula is C16H21NO4. The Morgan fingerprint density at radius 3 is 2.48 bits per heavy atom. The van der Waals surface area contributed by atoms with E-state index in [1.807, 2.05) is 18.2 Å². The summed E-state index contributed by atoms with van der Waals surface area (Å²) in [5.41, 5.74) is 0.727. The summed E-state index contributed by atoms with van der Waals surface area (Å²) in [7, 11) is 2.74. The third kappa shape index (κ3) is 5.04. The largest absolute Gasteiger partial charge is 0.467 e. The minimum Gasteiger partial charge on any atom is -0.467 e. The van der Waals surface area contributed by atoms with Crippen LogP contribution in [-0.4, -0.2) is 32.1 Å². The fourth-order valence-electron chi connectivity index (χ4n) is 1.95. The average molecular weight is 291 g/mol. The smallest absolute Gasteiger partial charge is 0.328 e. The highest BCUT2D eigenvalue weighted by Crippen LogP contribution is 2.17. The first kappa shape index (κ1) is 16.9. The summed E-state index contributed by atoms with van der Waals surface area (Å²) < 4.78 is 9.93. The van der Waals surface area contributed by atoms with Gasteiger partial charge >= 0.3 is 5.97 Å². The van der Waals surface area contributed by atoms with Crippen LogP contribution in [0.5, 0.6) is 0 Å². The number of carbonyl (C=O) groups is 2. The molecule has 0 heterocycles. The number of nitrogens with one attached hydrogen (secondary N) is 1. The lowest BCUT2D eigenvalue weighted by Crippen LogP contribution is -2.43. The zero-order chi connectivity index (χ0) is 15.7. The van der Waals surface area contributed by atoms with E-state index in [2.05, 4.69) is 11.9 Å². The first-order valence-corrected chi connectivity index (χ1v) is 6.70. The molecule has 0 aliphatic carbocycles. The van der Waals surface area contributed by atoms with E-state index in [0.717, 1.165) is 5.56 Å². The van der Waals surface area contributed by atoms with E-state index < -0.39 is 18.1 Å². The minimum absolute atomic E-state index is 0.372. The van der Waals surface area contributed by atoms with Crippen molar-refractivity contribution >= 4 is 11.9 Å². The number of amides is 1. The van der Waals surface area contributed by atoms with Gasteiger partial charge in [-0.15, -0.1) is 6.58 Å². The van der Waals surface area contributed by atoms with Gasteiger partial charge in [-0.1, -0.05) is 36.4 Å². The Morgan fingerprint density at radius 2 is 1.95 bits per heavy atom. The van der Waals surface area contributed by atoms with E-state index in [1.165, 1.54) is 14.2 Å². The van der Waals surface area contributed by atoms with Gasteiger partial charge in [0.25, 0.3) is 5.91 Å². The molecule has 0 unspecified atom stereocenters. The van der Waals surface area contributed by atoms with E-state index in [0.29, 0.717) is 12.8 Å². The summed E-state index contributed by atoms with van der Waals surface area (Å²) in [5, 5.41) is 2.67. The van der Waals surface area contributed by atoms with Crippen LogP contribution in [0.1, 0.15) is 24.5 Å². The SMILES string of the molecule is C=CCC[C@H](NC(=O)[C@H](OC)c1ccccc1)C(=O)OC. The fraction of sp³-hybridized carbons (Fsp3) is 0.375. The summed E-state index contributed by atoms with van der Waals surface area (Å²) in [6.07, 6.45) is 1.96. The van der Waals surface area contributed by atoms with Gasteiger partial charge < -0.3 is 14.8 Å². The van der Waals surface area contributed by atoms with Crippen LogP contribution in [0.15, 0.2) is 43.0 Å². The van der Waals surface area contributed by atoms with Gasteiger partial charge in [-0.25, -0.2) is 4.79 Å². The molecule has 5 nitrogen and oxygen atoms in total. The van der Waals surface area contributed by atoms with Crippen molar-refractivity contribution in [2.45, 2.75) is 25.0 Å². The molecule has 114 valence electrons. The van der Waals surface area contributed by atoms with Crippen molar-refractivity contribution in [2.24, 2.45) is 0 Å². The fourth-order valence-corrected chi connectivity index (χ4v) is 1.95. The van der Waals surface area contributed by atoms with Crippen molar-refractivity contribution in [2.75, 3.05) is 14.2 Å². The van der Waals surface area contributed by atoms with Crippen molar-refractivity contribution in [1.82, 2.24) is 5.32 Å². The summed E-state index contributed by atoms with van der Waals surface area (Å²) in [5.74, 6) is -0.851. The number of hydrogen-bond donors (Lipinski definition) is 1. The molecule has 1 N–H and O–H groups in total. The highest BCUT2D eigenvalue weighted by molar-refractivity contribution is 5.87. The molecule has 5 heteroatoms. The Bertz CT molecular complexity index is 472. The van der Waals surface area contributed by atoms with Gasteiger partial charge in [-0.3, -0.25) is 4.79 Å². The number of carbonyl (C=O) groups excluding carboxylic acids is 2. The molecule has 0 aliphatic rings. The summed E-state index contributed by atoms with van der Waals surface area (Å²) in [4.78, 5) is 24.0. The lowest BCUT2D eigenvalue weighted by molar-refractivity contribution is -0.147. The normalized spacial score (nSPS) is 13.0. The molecule has 0 bridgehead atoms. The second kappa shape index (κ2) is 8.92. The van der Waals surface area contributed by atoms with Crippen molar-refractivity contribution in [3.05, 3.63) is 48.6 Å². The predicted octanol–water partition coefficient (Wildman–Crippen LogP) is 2.00. The molecule has 0 radical (unpaired) electrons. The molecule has 2 atom stereocenters. The number of ether oxygens (including phenoxy) is 2. The Morgan fingerprint density at radius 1 is 1.29 bits per heavy atom. The molecule has 1 amide bonds. The van der Waals surface area contributed by atoms with E-state index in [-0.39, 0.29) is 5.91 Å². The molecule has 0 fully saturated rings. The molecule has 0 aliphatic heterocycles. The first-order chi connectivity index (χ1) is 10.1. The Kier molecular flexibility index (Phi) is 7.18. The van der Waals surface area contributed by atoms with Crippen LogP contribution in [0.3, 0.4) is 0 Å². The summed E-state index contributed by atoms with van der Waals surface area (Å²) in [6, 6.07) is 8.39. The van der Waals surface area contributed by atoms with Crippen molar-refractivity contribution < 1.29 is 19.1 Å². The van der Waals surface area contributed by atoms with E-state index in [1.54, 1.807) is 18.2 Å². The third-order valence-electron chi connectivity index (χ3n) is 3.04. The quantitative estimate of drug-likeness (QED) is 0.588. The zero-order valence-corrected chi connectivity index (χ0v) is 12.4. The van der Waals surface area contributed by atoms with Crippen molar-refractivity contribution in [3.8, 4) is 0 Å². The summed E-state index contributed by atoms with van der Waals surface area (Å²) in [6.45, 7) is 3.61. The van der Waals surface area contributed by atoms with Gasteiger partial charge in [0.2, 0.25) is 0 Å². The van der Waals surface area contributed by atoms with Gasteiger partial charge in [-0.2, -0.15) is 0 Å². The van der Waals surface area contributed by atoms with Crippen LogP contribution in [-0.2, 0) is 19.1 Å². The molecule has 1 aromatic rings. The maximum atomic E-state index is 12.3. The molecule has 0 saturated heterocycles. The topological polar surface area (TPSA) is 64.6 Å². The standard InChI is InChI=1S/C16H21NO4/c1-4-5-11-13(16(19)21-3)17-15(18)14(20-2)12-9-7-6-8-10-12/h4,6-10,13-14H,1,5,11H2,2-3H3,(H,17,18)/t13-,14+/m0/s1. The Balaban J connectivity index is 2.79. The lowest BCUT2D eigenvalue weighted by Gasteiger charge is -2.20. The van der Waals surface area contributed by atoms with E-state index in [9.17, 15) is 9.59 Å². The molecule has 0 spiro atoms. The molecule has 0 aromatic heterocycles. The van der Waals surface area contributed by atoms with Crippen LogP contribution in [0.4, 0.5) is 0 Å². The predicted molar refractivity (Wildman–Crippen MR) is 79.6 cm³/mol. The molecule has 1 rings (SSSR count).